The maximum Gasteiger partial charge on any atom is 0.449 e. The molecule has 0 aliphatic carbocycles. The van der Waals surface area contributed by atoms with Crippen LogP contribution in [-0.2, 0) is 4.79 Å². The Bertz CT molecular complexity index is 1120. The van der Waals surface area contributed by atoms with E-state index in [0.29, 0.717) is 0 Å². The normalized spacial score (nSPS) is 14.8. The van der Waals surface area contributed by atoms with Gasteiger partial charge in [0, 0.05) is 23.9 Å². The van der Waals surface area contributed by atoms with Gasteiger partial charge in [-0.2, -0.15) is 26.3 Å². The van der Waals surface area contributed by atoms with Gasteiger partial charge in [0.05, 0.1) is 17.9 Å². The average Bonchev–Trinajstić information content (AvgIpc) is 3.10. The van der Waals surface area contributed by atoms with Crippen LogP contribution in [-0.4, -0.2) is 46.5 Å². The molecule has 0 saturated carbocycles. The van der Waals surface area contributed by atoms with Crippen molar-refractivity contribution in [3.63, 3.8) is 0 Å². The Kier molecular flexibility index (Phi) is 6.13. The molecule has 0 saturated heterocycles. The molecule has 2 aromatic rings. The van der Waals surface area contributed by atoms with Gasteiger partial charge >= 0.3 is 12.4 Å². The van der Waals surface area contributed by atoms with E-state index in [1.807, 2.05) is 5.32 Å². The number of anilines is 1. The molecule has 178 valence electrons. The van der Waals surface area contributed by atoms with E-state index in [1.54, 1.807) is 0 Å². The molecule has 1 aromatic heterocycles. The summed E-state index contributed by atoms with van der Waals surface area (Å²) in [6, 6.07) is 4.08. The van der Waals surface area contributed by atoms with Gasteiger partial charge in [0.2, 0.25) is 12.2 Å². The number of nitrogens with zero attached hydrogens (tertiary/aromatic N) is 3. The summed E-state index contributed by atoms with van der Waals surface area (Å²) in [4.78, 5) is 14.2. The second-order valence-electron chi connectivity index (χ2n) is 7.32. The van der Waals surface area contributed by atoms with Crippen molar-refractivity contribution in [2.75, 3.05) is 11.9 Å². The minimum Gasteiger partial charge on any atom is -0.478 e. The zero-order valence-corrected chi connectivity index (χ0v) is 17.0. The molecule has 14 heteroatoms. The van der Waals surface area contributed by atoms with Crippen molar-refractivity contribution in [1.29, 1.82) is 0 Å². The number of hydrogen-bond acceptors (Lipinski definition) is 5. The van der Waals surface area contributed by atoms with Gasteiger partial charge < -0.3 is 15.4 Å². The maximum atomic E-state index is 14.3. The van der Waals surface area contributed by atoms with Crippen molar-refractivity contribution >= 4 is 23.8 Å². The Labute approximate surface area is 181 Å². The number of ether oxygens (including phenoxy) is 1. The first-order valence-corrected chi connectivity index (χ1v) is 9.16. The van der Waals surface area contributed by atoms with Crippen LogP contribution in [0.5, 0.6) is 5.75 Å². The monoisotopic (exact) mass is 479 g/mol. The second kappa shape index (κ2) is 8.41. The van der Waals surface area contributed by atoms with E-state index in [1.165, 1.54) is 6.07 Å². The highest BCUT2D eigenvalue weighted by atomic mass is 19.4. The zero-order chi connectivity index (χ0) is 24.6. The number of amides is 1. The van der Waals surface area contributed by atoms with Crippen LogP contribution >= 0.6 is 0 Å². The summed E-state index contributed by atoms with van der Waals surface area (Å²) in [6.45, 7) is 1.06. The Morgan fingerprint density at radius 1 is 1.12 bits per heavy atom. The fourth-order valence-corrected chi connectivity index (χ4v) is 2.76. The number of carbonyl (C=O) groups is 1. The average molecular weight is 479 g/mol. The third-order valence-electron chi connectivity index (χ3n) is 4.45. The predicted octanol–water partition coefficient (Wildman–Crippen LogP) is 4.34. The van der Waals surface area contributed by atoms with Crippen molar-refractivity contribution in [2.45, 2.75) is 31.8 Å². The highest BCUT2D eigenvalue weighted by molar-refractivity contribution is 5.91. The van der Waals surface area contributed by atoms with Crippen molar-refractivity contribution < 1.29 is 40.3 Å². The van der Waals surface area contributed by atoms with E-state index < -0.39 is 41.9 Å². The smallest absolute Gasteiger partial charge is 0.449 e. The zero-order valence-electron chi connectivity index (χ0n) is 17.0. The number of hydrogen-bond donors (Lipinski definition) is 2. The molecule has 1 aliphatic heterocycles. The molecule has 1 aromatic carbocycles. The molecule has 1 aliphatic rings. The van der Waals surface area contributed by atoms with Gasteiger partial charge in [0.15, 0.2) is 11.4 Å². The third kappa shape index (κ3) is 5.26. The topological polar surface area (TPSA) is 80.5 Å². The second-order valence-corrected chi connectivity index (χ2v) is 7.32. The summed E-state index contributed by atoms with van der Waals surface area (Å²) in [5.41, 5.74) is -2.52. The third-order valence-corrected chi connectivity index (χ3v) is 4.45. The molecule has 0 unspecified atom stereocenters. The Balaban J connectivity index is 2.02. The molecule has 0 spiro atoms. The van der Waals surface area contributed by atoms with Crippen LogP contribution in [0.3, 0.4) is 0 Å². The lowest BCUT2D eigenvalue weighted by Gasteiger charge is -2.29. The molecule has 2 heterocycles. The SMILES string of the molecule is CC(C)(Oc1cc(F)cc(-c2cc(NC=O)nn2C2=CNC(C(F)(F)F)=NC2)c1)C(F)(F)F. The number of carbonyl (C=O) groups excluding carboxylic acids is 1. The first kappa shape index (κ1) is 24.1. The van der Waals surface area contributed by atoms with E-state index in [9.17, 15) is 35.5 Å². The van der Waals surface area contributed by atoms with Gasteiger partial charge in [-0.1, -0.05) is 0 Å². The lowest BCUT2D eigenvalue weighted by Crippen LogP contribution is -2.44. The van der Waals surface area contributed by atoms with Crippen molar-refractivity contribution in [3.8, 4) is 17.0 Å². The molecule has 0 atom stereocenters. The summed E-state index contributed by atoms with van der Waals surface area (Å²) in [6.07, 6.45) is -8.20. The lowest BCUT2D eigenvalue weighted by molar-refractivity contribution is -0.234. The molecular formula is C19H16F7N5O2. The number of aliphatic imine (C=N–C) groups is 1. The Morgan fingerprint density at radius 3 is 2.36 bits per heavy atom. The van der Waals surface area contributed by atoms with E-state index in [4.69, 9.17) is 4.74 Å². The van der Waals surface area contributed by atoms with Gasteiger partial charge in [0.25, 0.3) is 0 Å². The molecule has 3 rings (SSSR count). The molecule has 0 bridgehead atoms. The predicted molar refractivity (Wildman–Crippen MR) is 104 cm³/mol. The summed E-state index contributed by atoms with van der Waals surface area (Å²) in [5.74, 6) is -2.67. The Morgan fingerprint density at radius 2 is 1.82 bits per heavy atom. The summed E-state index contributed by atoms with van der Waals surface area (Å²) in [7, 11) is 0. The number of alkyl halides is 6. The van der Waals surface area contributed by atoms with Crippen molar-refractivity contribution in [3.05, 3.63) is 36.3 Å². The van der Waals surface area contributed by atoms with Crippen LogP contribution in [0, 0.1) is 5.82 Å². The first-order valence-electron chi connectivity index (χ1n) is 9.16. The number of rotatable bonds is 6. The standard InChI is InChI=1S/C19H16F7N5O2/c1-17(2,19(24,25)26)33-13-4-10(3-11(20)5-13)14-6-15(29-9-32)30-31(14)12-7-27-16(28-8-12)18(21,22)23/h3-7,9H,8H2,1-2H3,(H,27,28)(H,29,30,32). The summed E-state index contributed by atoms with van der Waals surface area (Å²) < 4.78 is 98.2. The lowest BCUT2D eigenvalue weighted by atomic mass is 10.1. The highest BCUT2D eigenvalue weighted by Crippen LogP contribution is 2.36. The Hall–Kier alpha value is -3.58. The number of aromatic nitrogens is 2. The van der Waals surface area contributed by atoms with Gasteiger partial charge in [-0.25, -0.2) is 9.07 Å². The number of nitrogens with one attached hydrogen (secondary N) is 2. The number of amidine groups is 1. The molecule has 2 N–H and O–H groups in total. The van der Waals surface area contributed by atoms with E-state index >= 15 is 0 Å². The molecule has 0 fully saturated rings. The quantitative estimate of drug-likeness (QED) is 0.477. The van der Waals surface area contributed by atoms with E-state index in [2.05, 4.69) is 15.4 Å². The minimum atomic E-state index is -4.75. The van der Waals surface area contributed by atoms with Crippen molar-refractivity contribution in [1.82, 2.24) is 15.1 Å². The molecular weight excluding hydrogens is 463 g/mol. The molecule has 1 amide bonds. The van der Waals surface area contributed by atoms with Crippen LogP contribution in [0.4, 0.5) is 36.6 Å². The van der Waals surface area contributed by atoms with Gasteiger partial charge in [-0.3, -0.25) is 9.79 Å². The maximum absolute atomic E-state index is 14.3. The largest absolute Gasteiger partial charge is 0.478 e. The van der Waals surface area contributed by atoms with Crippen molar-refractivity contribution in [2.24, 2.45) is 4.99 Å². The van der Waals surface area contributed by atoms with E-state index in [0.717, 1.165) is 42.9 Å². The summed E-state index contributed by atoms with van der Waals surface area (Å²) >= 11 is 0. The van der Waals surface area contributed by atoms with Crippen LogP contribution in [0.2, 0.25) is 0 Å². The van der Waals surface area contributed by atoms with Crippen LogP contribution in [0.1, 0.15) is 13.8 Å². The minimum absolute atomic E-state index is 0.0130. The van der Waals surface area contributed by atoms with Crippen LogP contribution < -0.4 is 15.4 Å². The number of benzene rings is 1. The van der Waals surface area contributed by atoms with Gasteiger partial charge in [0.1, 0.15) is 11.6 Å². The fourth-order valence-electron chi connectivity index (χ4n) is 2.76. The van der Waals surface area contributed by atoms with Crippen LogP contribution in [0.15, 0.2) is 35.5 Å². The van der Waals surface area contributed by atoms with Gasteiger partial charge in [-0.15, -0.1) is 5.10 Å². The van der Waals surface area contributed by atoms with Crippen LogP contribution in [0.25, 0.3) is 17.0 Å². The molecule has 0 radical (unpaired) electrons. The molecule has 33 heavy (non-hydrogen) atoms. The van der Waals surface area contributed by atoms with E-state index in [-0.39, 0.29) is 29.2 Å². The first-order chi connectivity index (χ1) is 15.2. The highest BCUT2D eigenvalue weighted by Gasteiger charge is 2.50. The molecule has 7 nitrogen and oxygen atoms in total. The fraction of sp³-hybridized carbons (Fsp3) is 0.316. The number of halogens is 7. The van der Waals surface area contributed by atoms with Gasteiger partial charge in [-0.05, 0) is 26.0 Å². The summed E-state index contributed by atoms with van der Waals surface area (Å²) in [5, 5.41) is 8.27.